The van der Waals surface area contributed by atoms with Crippen LogP contribution in [0.1, 0.15) is 55.1 Å². The number of amides is 1. The maximum atomic E-state index is 13.0. The van der Waals surface area contributed by atoms with Gasteiger partial charge in [-0.15, -0.1) is 0 Å². The molecule has 9 nitrogen and oxygen atoms in total. The van der Waals surface area contributed by atoms with E-state index in [1.54, 1.807) is 45.0 Å². The number of nitrogens with zero attached hydrogens (tertiary/aromatic N) is 2. The molecule has 1 atom stereocenters. The lowest BCUT2D eigenvalue weighted by Gasteiger charge is -2.25. The van der Waals surface area contributed by atoms with Gasteiger partial charge in [0.25, 0.3) is 5.91 Å². The van der Waals surface area contributed by atoms with E-state index in [2.05, 4.69) is 10.5 Å². The lowest BCUT2D eigenvalue weighted by atomic mass is 10.1. The highest BCUT2D eigenvalue weighted by molar-refractivity contribution is 7.89. The summed E-state index contributed by atoms with van der Waals surface area (Å²) in [7, 11) is -3.74. The van der Waals surface area contributed by atoms with Crippen LogP contribution in [0.15, 0.2) is 33.7 Å². The molecular weight excluding hydrogens is 422 g/mol. The number of benzene rings is 1. The summed E-state index contributed by atoms with van der Waals surface area (Å²) < 4.78 is 37.9. The SMILES string of the molecule is Cc1ccc(S(=O)(=O)N2CCc3onc(C(=O)NC(C)C(=O)OC(C)(C)C)c3C2)cc1. The number of sulfonamides is 1. The van der Waals surface area contributed by atoms with E-state index in [9.17, 15) is 18.0 Å². The van der Waals surface area contributed by atoms with Gasteiger partial charge in [0.05, 0.1) is 4.90 Å². The normalized spacial score (nSPS) is 15.8. The first-order valence-electron chi connectivity index (χ1n) is 9.96. The summed E-state index contributed by atoms with van der Waals surface area (Å²) in [4.78, 5) is 25.0. The first-order chi connectivity index (χ1) is 14.4. The lowest BCUT2D eigenvalue weighted by Crippen LogP contribution is -2.43. The maximum Gasteiger partial charge on any atom is 0.328 e. The summed E-state index contributed by atoms with van der Waals surface area (Å²) in [5, 5.41) is 6.37. The topological polar surface area (TPSA) is 119 Å². The highest BCUT2D eigenvalue weighted by Gasteiger charge is 2.34. The maximum absolute atomic E-state index is 13.0. The second kappa shape index (κ2) is 8.43. The van der Waals surface area contributed by atoms with Crippen LogP contribution in [0.25, 0.3) is 0 Å². The molecule has 0 fully saturated rings. The smallest absolute Gasteiger partial charge is 0.328 e. The third kappa shape index (κ3) is 5.13. The summed E-state index contributed by atoms with van der Waals surface area (Å²) in [6.07, 6.45) is 0.294. The van der Waals surface area contributed by atoms with Crippen molar-refractivity contribution < 1.29 is 27.3 Å². The number of hydrogen-bond acceptors (Lipinski definition) is 7. The summed E-state index contributed by atoms with van der Waals surface area (Å²) in [6.45, 7) is 8.76. The van der Waals surface area contributed by atoms with Crippen molar-refractivity contribution in [2.24, 2.45) is 0 Å². The molecule has 3 rings (SSSR count). The number of carbonyl (C=O) groups excluding carboxylic acids is 2. The van der Waals surface area contributed by atoms with Crippen LogP contribution in [0, 0.1) is 6.92 Å². The minimum Gasteiger partial charge on any atom is -0.458 e. The number of aromatic nitrogens is 1. The van der Waals surface area contributed by atoms with E-state index in [0.717, 1.165) is 5.56 Å². The molecule has 168 valence electrons. The third-order valence-electron chi connectivity index (χ3n) is 4.77. The van der Waals surface area contributed by atoms with E-state index in [1.807, 2.05) is 6.92 Å². The van der Waals surface area contributed by atoms with Crippen molar-refractivity contribution in [3.63, 3.8) is 0 Å². The van der Waals surface area contributed by atoms with Gasteiger partial charge in [-0.05, 0) is 46.8 Å². The second-order valence-corrected chi connectivity index (χ2v) is 10.5. The third-order valence-corrected chi connectivity index (χ3v) is 6.63. The summed E-state index contributed by atoms with van der Waals surface area (Å²) in [5.74, 6) is -0.745. The van der Waals surface area contributed by atoms with E-state index < -0.39 is 33.5 Å². The minimum absolute atomic E-state index is 0.0331. The molecule has 1 aliphatic rings. The summed E-state index contributed by atoms with van der Waals surface area (Å²) in [5.41, 5.74) is 0.635. The van der Waals surface area contributed by atoms with Gasteiger partial charge in [0.2, 0.25) is 10.0 Å². The Labute approximate surface area is 181 Å². The predicted octanol–water partition coefficient (Wildman–Crippen LogP) is 2.19. The molecule has 0 saturated carbocycles. The molecule has 1 N–H and O–H groups in total. The monoisotopic (exact) mass is 449 g/mol. The van der Waals surface area contributed by atoms with E-state index in [-0.39, 0.29) is 23.7 Å². The fraction of sp³-hybridized carbons (Fsp3) is 0.476. The van der Waals surface area contributed by atoms with Crippen LogP contribution in [0.4, 0.5) is 0 Å². The van der Waals surface area contributed by atoms with Crippen molar-refractivity contribution in [1.29, 1.82) is 0 Å². The van der Waals surface area contributed by atoms with E-state index in [1.165, 1.54) is 11.2 Å². The Bertz CT molecular complexity index is 1080. The number of rotatable bonds is 5. The molecule has 2 aromatic rings. The lowest BCUT2D eigenvalue weighted by molar-refractivity contribution is -0.156. The quantitative estimate of drug-likeness (QED) is 0.695. The number of ether oxygens (including phenoxy) is 1. The zero-order valence-corrected chi connectivity index (χ0v) is 19.1. The molecule has 1 unspecified atom stereocenters. The number of esters is 1. The molecule has 0 aliphatic carbocycles. The molecule has 0 saturated heterocycles. The van der Waals surface area contributed by atoms with E-state index in [4.69, 9.17) is 9.26 Å². The van der Waals surface area contributed by atoms with Crippen LogP contribution in [0.2, 0.25) is 0 Å². The highest BCUT2D eigenvalue weighted by Crippen LogP contribution is 2.27. The average Bonchev–Trinajstić information content (AvgIpc) is 3.10. The Morgan fingerprint density at radius 3 is 2.48 bits per heavy atom. The molecular formula is C21H27N3O6S. The van der Waals surface area contributed by atoms with E-state index >= 15 is 0 Å². The molecule has 2 heterocycles. The first-order valence-corrected chi connectivity index (χ1v) is 11.4. The van der Waals surface area contributed by atoms with Gasteiger partial charge in [-0.1, -0.05) is 22.9 Å². The van der Waals surface area contributed by atoms with Crippen molar-refractivity contribution in [2.45, 2.75) is 64.1 Å². The van der Waals surface area contributed by atoms with Gasteiger partial charge in [-0.3, -0.25) is 4.79 Å². The number of fused-ring (bicyclic) bond motifs is 1. The molecule has 1 amide bonds. The van der Waals surface area contributed by atoms with Gasteiger partial charge in [0, 0.05) is 25.1 Å². The van der Waals surface area contributed by atoms with Crippen LogP contribution in [0.5, 0.6) is 0 Å². The molecule has 0 spiro atoms. The number of nitrogens with one attached hydrogen (secondary N) is 1. The predicted molar refractivity (Wildman–Crippen MR) is 112 cm³/mol. The first kappa shape index (κ1) is 23.0. The van der Waals surface area contributed by atoms with Crippen LogP contribution < -0.4 is 5.32 Å². The molecule has 1 aliphatic heterocycles. The number of aryl methyl sites for hydroxylation is 1. The molecule has 1 aromatic carbocycles. The highest BCUT2D eigenvalue weighted by atomic mass is 32.2. The molecule has 10 heteroatoms. The van der Waals surface area contributed by atoms with Crippen molar-refractivity contribution in [3.05, 3.63) is 46.8 Å². The Kier molecular flexibility index (Phi) is 6.24. The van der Waals surface area contributed by atoms with Crippen molar-refractivity contribution in [3.8, 4) is 0 Å². The van der Waals surface area contributed by atoms with Gasteiger partial charge >= 0.3 is 5.97 Å². The van der Waals surface area contributed by atoms with Crippen molar-refractivity contribution >= 4 is 21.9 Å². The second-order valence-electron chi connectivity index (χ2n) is 8.56. The van der Waals surface area contributed by atoms with Gasteiger partial charge in [-0.2, -0.15) is 4.31 Å². The summed E-state index contributed by atoms with van der Waals surface area (Å²) >= 11 is 0. The van der Waals surface area contributed by atoms with Crippen molar-refractivity contribution in [2.75, 3.05) is 6.54 Å². The average molecular weight is 450 g/mol. The Morgan fingerprint density at radius 1 is 1.23 bits per heavy atom. The van der Waals surface area contributed by atoms with Crippen LogP contribution in [0.3, 0.4) is 0 Å². The number of hydrogen-bond donors (Lipinski definition) is 1. The Balaban J connectivity index is 1.77. The largest absolute Gasteiger partial charge is 0.458 e. The number of carbonyl (C=O) groups is 2. The standard InChI is InChI=1S/C21H27N3O6S/c1-13-6-8-15(9-7-13)31(27,28)24-11-10-17-16(12-24)18(23-30-17)19(25)22-14(2)20(26)29-21(3,4)5/h6-9,14H,10-12H2,1-5H3,(H,22,25). The minimum atomic E-state index is -3.74. The van der Waals surface area contributed by atoms with Gasteiger partial charge in [0.1, 0.15) is 17.4 Å². The van der Waals surface area contributed by atoms with Crippen LogP contribution >= 0.6 is 0 Å². The molecule has 31 heavy (non-hydrogen) atoms. The Hall–Kier alpha value is -2.72. The van der Waals surface area contributed by atoms with E-state index in [0.29, 0.717) is 17.7 Å². The molecule has 1 aromatic heterocycles. The van der Waals surface area contributed by atoms with Gasteiger partial charge in [0.15, 0.2) is 5.69 Å². The zero-order valence-electron chi connectivity index (χ0n) is 18.3. The van der Waals surface area contributed by atoms with Crippen LogP contribution in [-0.2, 0) is 32.5 Å². The Morgan fingerprint density at radius 2 is 1.87 bits per heavy atom. The van der Waals surface area contributed by atoms with Crippen molar-refractivity contribution in [1.82, 2.24) is 14.8 Å². The van der Waals surface area contributed by atoms with Crippen LogP contribution in [-0.4, -0.2) is 47.9 Å². The fourth-order valence-corrected chi connectivity index (χ4v) is 4.55. The molecule has 0 radical (unpaired) electrons. The van der Waals surface area contributed by atoms with Gasteiger partial charge < -0.3 is 14.6 Å². The summed E-state index contributed by atoms with van der Waals surface area (Å²) in [6, 6.07) is 5.68. The molecule has 0 bridgehead atoms. The van der Waals surface area contributed by atoms with Gasteiger partial charge in [-0.25, -0.2) is 13.2 Å². The fourth-order valence-electron chi connectivity index (χ4n) is 3.14. The zero-order chi connectivity index (χ0) is 23.0.